The van der Waals surface area contributed by atoms with Crippen LogP contribution in [0, 0.1) is 11.3 Å². The summed E-state index contributed by atoms with van der Waals surface area (Å²) in [6.07, 6.45) is 4.64. The summed E-state index contributed by atoms with van der Waals surface area (Å²) in [6.45, 7) is 3.02. The Bertz CT molecular complexity index is 1550. The van der Waals surface area contributed by atoms with Crippen molar-refractivity contribution in [1.29, 1.82) is 5.26 Å². The molecule has 1 atom stereocenters. The fourth-order valence-corrected chi connectivity index (χ4v) is 6.16. The molecular weight excluding hydrogens is 536 g/mol. The van der Waals surface area contributed by atoms with Crippen LogP contribution < -0.4 is 20.1 Å². The summed E-state index contributed by atoms with van der Waals surface area (Å²) in [7, 11) is 3.27. The molecule has 0 saturated heterocycles. The number of hydrogen-bond donors (Lipinski definition) is 2. The van der Waals surface area contributed by atoms with Crippen LogP contribution in [0.2, 0.25) is 0 Å². The highest BCUT2D eigenvalue weighted by atomic mass is 16.5. The lowest BCUT2D eigenvalue weighted by Gasteiger charge is -2.49. The molecule has 10 nitrogen and oxygen atoms in total. The maximum atomic E-state index is 14.2. The van der Waals surface area contributed by atoms with Gasteiger partial charge in [0.25, 0.3) is 11.8 Å². The molecule has 1 unspecified atom stereocenters. The van der Waals surface area contributed by atoms with Gasteiger partial charge in [0.1, 0.15) is 17.9 Å². The number of hydrogen-bond acceptors (Lipinski definition) is 8. The molecule has 42 heavy (non-hydrogen) atoms. The Hall–Kier alpha value is -4.07. The largest absolute Gasteiger partial charge is 0.496 e. The molecule has 0 bridgehead atoms. The summed E-state index contributed by atoms with van der Waals surface area (Å²) in [4.78, 5) is 28.9. The number of rotatable bonds is 9. The van der Waals surface area contributed by atoms with E-state index in [0.717, 1.165) is 24.8 Å². The van der Waals surface area contributed by atoms with Crippen LogP contribution in [0.5, 0.6) is 11.5 Å². The lowest BCUT2D eigenvalue weighted by atomic mass is 9.84. The lowest BCUT2D eigenvalue weighted by Crippen LogP contribution is -2.64. The highest BCUT2D eigenvalue weighted by Crippen LogP contribution is 2.42. The number of amides is 2. The monoisotopic (exact) mass is 572 g/mol. The quantitative estimate of drug-likeness (QED) is 0.392. The lowest BCUT2D eigenvalue weighted by molar-refractivity contribution is -0.0554. The molecule has 10 heteroatoms. The molecule has 3 aromatic rings. The predicted octanol–water partition coefficient (Wildman–Crippen LogP) is 4.16. The summed E-state index contributed by atoms with van der Waals surface area (Å²) in [5, 5.41) is 16.8. The number of fused-ring (bicyclic) bond motifs is 3. The van der Waals surface area contributed by atoms with Gasteiger partial charge >= 0.3 is 0 Å². The van der Waals surface area contributed by atoms with E-state index >= 15 is 0 Å². The average Bonchev–Trinajstić information content (AvgIpc) is 3.28. The van der Waals surface area contributed by atoms with Gasteiger partial charge in [-0.05, 0) is 69.4 Å². The van der Waals surface area contributed by atoms with Gasteiger partial charge in [0.15, 0.2) is 5.75 Å². The third-order valence-corrected chi connectivity index (χ3v) is 8.92. The van der Waals surface area contributed by atoms with E-state index in [0.29, 0.717) is 59.5 Å². The van der Waals surface area contributed by atoms with Crippen LogP contribution in [0.25, 0.3) is 11.0 Å². The van der Waals surface area contributed by atoms with Gasteiger partial charge in [-0.3, -0.25) is 9.59 Å². The highest BCUT2D eigenvalue weighted by molar-refractivity contribution is 6.04. The molecule has 6 rings (SSSR count). The zero-order chi connectivity index (χ0) is 29.4. The Labute approximate surface area is 244 Å². The predicted molar refractivity (Wildman–Crippen MR) is 155 cm³/mol. The van der Waals surface area contributed by atoms with Gasteiger partial charge in [0, 0.05) is 43.4 Å². The van der Waals surface area contributed by atoms with E-state index in [1.165, 1.54) is 0 Å². The van der Waals surface area contributed by atoms with E-state index in [9.17, 15) is 14.9 Å². The Morgan fingerprint density at radius 3 is 2.71 bits per heavy atom. The van der Waals surface area contributed by atoms with Crippen molar-refractivity contribution >= 4 is 22.8 Å². The van der Waals surface area contributed by atoms with Crippen LogP contribution in [-0.2, 0) is 11.3 Å². The van der Waals surface area contributed by atoms with Crippen molar-refractivity contribution < 1.29 is 28.2 Å². The first-order valence-electron chi connectivity index (χ1n) is 14.5. The molecule has 2 aliphatic carbocycles. The van der Waals surface area contributed by atoms with Crippen molar-refractivity contribution in [3.63, 3.8) is 0 Å². The third-order valence-electron chi connectivity index (χ3n) is 8.92. The normalized spacial score (nSPS) is 23.7. The Morgan fingerprint density at radius 2 is 2.02 bits per heavy atom. The SMILES string of the molecule is COc1cccc(C#N)c1CNCC1(C)COc2c(oc3cc(C(=O)NC4CCC4)ccc23)C(=O)N1C1CC(OC)C1. The van der Waals surface area contributed by atoms with Gasteiger partial charge in [0.05, 0.1) is 35.8 Å². The Morgan fingerprint density at radius 1 is 1.21 bits per heavy atom. The average molecular weight is 573 g/mol. The van der Waals surface area contributed by atoms with Gasteiger partial charge < -0.3 is 34.2 Å². The molecule has 220 valence electrons. The summed E-state index contributed by atoms with van der Waals surface area (Å²) in [6, 6.07) is 13.0. The van der Waals surface area contributed by atoms with Gasteiger partial charge in [-0.2, -0.15) is 5.26 Å². The fraction of sp³-hybridized carbons (Fsp3) is 0.469. The number of furan rings is 1. The molecule has 2 saturated carbocycles. The number of nitrogens with one attached hydrogen (secondary N) is 2. The molecule has 2 aromatic carbocycles. The van der Waals surface area contributed by atoms with Gasteiger partial charge in [-0.1, -0.05) is 6.07 Å². The molecule has 3 aliphatic rings. The van der Waals surface area contributed by atoms with E-state index in [4.69, 9.17) is 18.6 Å². The van der Waals surface area contributed by atoms with Crippen molar-refractivity contribution in [3.8, 4) is 17.6 Å². The molecular formula is C32H36N4O6. The number of benzene rings is 2. The summed E-state index contributed by atoms with van der Waals surface area (Å²) < 4.78 is 23.5. The molecule has 0 spiro atoms. The molecule has 2 N–H and O–H groups in total. The van der Waals surface area contributed by atoms with Crippen LogP contribution in [0.3, 0.4) is 0 Å². The summed E-state index contributed by atoms with van der Waals surface area (Å²) >= 11 is 0. The van der Waals surface area contributed by atoms with E-state index in [-0.39, 0.29) is 42.4 Å². The molecule has 1 aromatic heterocycles. The smallest absolute Gasteiger partial charge is 0.294 e. The maximum absolute atomic E-state index is 14.2. The van der Waals surface area contributed by atoms with Crippen LogP contribution in [-0.4, -0.2) is 67.8 Å². The molecule has 2 amide bonds. The number of ether oxygens (including phenoxy) is 3. The minimum absolute atomic E-state index is 0.0539. The van der Waals surface area contributed by atoms with Crippen molar-refractivity contribution in [3.05, 3.63) is 58.8 Å². The second-order valence-electron chi connectivity index (χ2n) is 11.7. The molecule has 2 fully saturated rings. The van der Waals surface area contributed by atoms with Crippen LogP contribution in [0.1, 0.15) is 71.1 Å². The number of nitrogens with zero attached hydrogens (tertiary/aromatic N) is 2. The molecule has 2 heterocycles. The minimum Gasteiger partial charge on any atom is -0.496 e. The number of methoxy groups -OCH3 is 2. The Kier molecular flexibility index (Phi) is 7.56. The van der Waals surface area contributed by atoms with Gasteiger partial charge in [-0.15, -0.1) is 0 Å². The second kappa shape index (κ2) is 11.3. The summed E-state index contributed by atoms with van der Waals surface area (Å²) in [5.74, 6) is 0.773. The molecule has 0 radical (unpaired) electrons. The standard InChI is InChI=1S/C32H36N4O6/c1-32(17-34-16-25-20(15-33)6-4-9-26(25)40-3)18-41-28-24-11-10-19(30(37)35-21-7-5-8-21)12-27(24)42-29(28)31(38)36(32)22-13-23(14-22)39-2/h4,6,9-12,21-23,34H,5,7-8,13-14,16-18H2,1-3H3,(H,35,37). The number of carbonyl (C=O) groups excluding carboxylic acids is 2. The first-order chi connectivity index (χ1) is 20.3. The topological polar surface area (TPSA) is 126 Å². The van der Waals surface area contributed by atoms with Crippen LogP contribution in [0.4, 0.5) is 0 Å². The van der Waals surface area contributed by atoms with E-state index in [1.54, 1.807) is 44.6 Å². The molecule has 1 aliphatic heterocycles. The van der Waals surface area contributed by atoms with Crippen LogP contribution >= 0.6 is 0 Å². The zero-order valence-electron chi connectivity index (χ0n) is 24.2. The second-order valence-corrected chi connectivity index (χ2v) is 11.7. The van der Waals surface area contributed by atoms with Crippen LogP contribution in [0.15, 0.2) is 40.8 Å². The third kappa shape index (κ3) is 4.97. The fourth-order valence-electron chi connectivity index (χ4n) is 6.16. The number of nitriles is 1. The van der Waals surface area contributed by atoms with Crippen molar-refractivity contribution in [2.24, 2.45) is 0 Å². The van der Waals surface area contributed by atoms with Crippen molar-refractivity contribution in [1.82, 2.24) is 15.5 Å². The van der Waals surface area contributed by atoms with E-state index < -0.39 is 5.54 Å². The highest BCUT2D eigenvalue weighted by Gasteiger charge is 2.49. The van der Waals surface area contributed by atoms with Crippen molar-refractivity contribution in [2.45, 2.75) is 69.3 Å². The van der Waals surface area contributed by atoms with E-state index in [1.807, 2.05) is 17.9 Å². The van der Waals surface area contributed by atoms with Gasteiger partial charge in [-0.25, -0.2) is 0 Å². The Balaban J connectivity index is 1.27. The van der Waals surface area contributed by atoms with Crippen molar-refractivity contribution in [2.75, 3.05) is 27.4 Å². The maximum Gasteiger partial charge on any atom is 0.294 e. The number of carbonyl (C=O) groups is 2. The van der Waals surface area contributed by atoms with Gasteiger partial charge in [0.2, 0.25) is 5.76 Å². The zero-order valence-corrected chi connectivity index (χ0v) is 24.2. The van der Waals surface area contributed by atoms with E-state index in [2.05, 4.69) is 16.7 Å². The minimum atomic E-state index is -0.730. The first kappa shape index (κ1) is 28.1. The summed E-state index contributed by atoms with van der Waals surface area (Å²) in [5.41, 5.74) is 1.50. The first-order valence-corrected chi connectivity index (χ1v) is 14.5.